The Morgan fingerprint density at radius 1 is 0.349 bits per heavy atom. The Morgan fingerprint density at radius 2 is 0.603 bits per heavy atom. The predicted octanol–water partition coefficient (Wildman–Crippen LogP) is 17.2. The molecule has 0 bridgehead atoms. The molecule has 0 saturated heterocycles. The molecule has 0 saturated carbocycles. The fraction of sp³-hybridized carbons (Fsp3) is 0.548. The van der Waals surface area contributed by atoms with Crippen molar-refractivity contribution in [1.29, 1.82) is 0 Å². The maximum atomic E-state index is 2.76. The molecule has 0 aromatic heterocycles. The zero-order valence-electron chi connectivity index (χ0n) is 43.5. The molecule has 0 aliphatic heterocycles. The van der Waals surface area contributed by atoms with E-state index in [1.807, 2.05) is 0 Å². The minimum absolute atomic E-state index is 0.0555. The minimum atomic E-state index is -1.83. The van der Waals surface area contributed by atoms with E-state index in [1.54, 1.807) is 62.3 Å². The van der Waals surface area contributed by atoms with Crippen molar-refractivity contribution in [2.75, 3.05) is 0 Å². The van der Waals surface area contributed by atoms with E-state index in [1.165, 1.54) is 59.1 Å². The molecule has 63 heavy (non-hydrogen) atoms. The van der Waals surface area contributed by atoms with Gasteiger partial charge in [0.1, 0.15) is 0 Å². The van der Waals surface area contributed by atoms with Gasteiger partial charge < -0.3 is 0 Å². The summed E-state index contributed by atoms with van der Waals surface area (Å²) < 4.78 is 3.50. The average Bonchev–Trinajstić information content (AvgIpc) is 3.70. The van der Waals surface area contributed by atoms with E-state index >= 15 is 0 Å². The van der Waals surface area contributed by atoms with Gasteiger partial charge in [-0.05, 0) is 0 Å². The molecule has 0 fully saturated rings. The molecule has 4 aromatic rings. The van der Waals surface area contributed by atoms with Crippen LogP contribution in [0.1, 0.15) is 242 Å². The first-order valence-electron chi connectivity index (χ1n) is 24.6. The molecule has 4 aromatic carbocycles. The van der Waals surface area contributed by atoms with Crippen LogP contribution in [-0.2, 0) is 79.1 Å². The summed E-state index contributed by atoms with van der Waals surface area (Å²) >= 11 is -1.83. The van der Waals surface area contributed by atoms with E-state index in [0.29, 0.717) is 0 Å². The molecule has 0 spiro atoms. The van der Waals surface area contributed by atoms with Crippen LogP contribution in [0.3, 0.4) is 0 Å². The Balaban J connectivity index is 1.46. The van der Waals surface area contributed by atoms with E-state index < -0.39 is 22.9 Å². The number of fused-ring (bicyclic) bond motifs is 4. The Kier molecular flexibility index (Phi) is 11.0. The van der Waals surface area contributed by atoms with E-state index in [0.717, 1.165) is 12.8 Å². The average molecular weight is 1010 g/mol. The molecule has 0 nitrogen and oxygen atoms in total. The molecule has 0 amide bonds. The van der Waals surface area contributed by atoms with Gasteiger partial charge in [-0.2, -0.15) is 0 Å². The van der Waals surface area contributed by atoms with Crippen molar-refractivity contribution in [3.05, 3.63) is 139 Å². The van der Waals surface area contributed by atoms with Crippen LogP contribution in [0.15, 0.2) is 60.7 Å². The summed E-state index contributed by atoms with van der Waals surface area (Å²) in [5.74, 6) is 0. The molecule has 0 atom stereocenters. The quantitative estimate of drug-likeness (QED) is 0.179. The van der Waals surface area contributed by atoms with Crippen molar-refractivity contribution in [2.45, 2.75) is 220 Å². The van der Waals surface area contributed by atoms with E-state index in [4.69, 9.17) is 0 Å². The van der Waals surface area contributed by atoms with Crippen LogP contribution in [0.4, 0.5) is 0 Å². The molecule has 8 rings (SSSR count). The Hall–Kier alpha value is -2.77. The standard InChI is InChI=1S/2C31H41.Hf/c2*1-28(2,3)24-15-23(16-25(19-24)29(4,5)6)20-13-21-17-26-27(18-22(21)14-20)31(9,10)12-11-30(26,7)8;/h2*15-19H,11-13H2,1-10H3;. The number of hydrogen-bond donors (Lipinski definition) is 0. The Bertz CT molecular complexity index is 2350. The zero-order valence-corrected chi connectivity index (χ0v) is 47.1. The number of hydrogen-bond acceptors (Lipinski definition) is 0. The molecule has 0 unspecified atom stereocenters. The summed E-state index contributed by atoms with van der Waals surface area (Å²) in [6, 6.07) is 26.4. The topological polar surface area (TPSA) is 0 Å². The van der Waals surface area contributed by atoms with Gasteiger partial charge in [0.05, 0.1) is 0 Å². The van der Waals surface area contributed by atoms with Crippen molar-refractivity contribution in [3.8, 4) is 0 Å². The second kappa shape index (κ2) is 14.9. The fourth-order valence-corrected chi connectivity index (χ4v) is 17.5. The number of rotatable bonds is 4. The van der Waals surface area contributed by atoms with Crippen molar-refractivity contribution >= 4 is 17.8 Å². The molecule has 0 radical (unpaired) electrons. The third-order valence-electron chi connectivity index (χ3n) is 16.3. The van der Waals surface area contributed by atoms with E-state index in [2.05, 4.69) is 199 Å². The van der Waals surface area contributed by atoms with Gasteiger partial charge in [0, 0.05) is 0 Å². The summed E-state index contributed by atoms with van der Waals surface area (Å²) in [5.41, 5.74) is 25.7. The van der Waals surface area contributed by atoms with Crippen molar-refractivity contribution in [2.24, 2.45) is 0 Å². The normalized spacial score (nSPS) is 20.1. The molecule has 334 valence electrons. The summed E-state index contributed by atoms with van der Waals surface area (Å²) in [5, 5.41) is 0. The van der Waals surface area contributed by atoms with Gasteiger partial charge in [0.2, 0.25) is 0 Å². The zero-order chi connectivity index (χ0) is 46.4. The van der Waals surface area contributed by atoms with Crippen LogP contribution in [-0.4, -0.2) is 0 Å². The van der Waals surface area contributed by atoms with Crippen molar-refractivity contribution < 1.29 is 22.9 Å². The second-order valence-corrected chi connectivity index (χ2v) is 31.9. The van der Waals surface area contributed by atoms with Crippen LogP contribution in [0.25, 0.3) is 17.8 Å². The molecule has 4 aliphatic rings. The second-order valence-electron chi connectivity index (χ2n) is 27.4. The summed E-state index contributed by atoms with van der Waals surface area (Å²) in [7, 11) is 0. The van der Waals surface area contributed by atoms with Crippen LogP contribution in [0, 0.1) is 0 Å². The van der Waals surface area contributed by atoms with Crippen LogP contribution >= 0.6 is 0 Å². The van der Waals surface area contributed by atoms with Gasteiger partial charge in [-0.15, -0.1) is 0 Å². The van der Waals surface area contributed by atoms with Crippen LogP contribution in [0.5, 0.6) is 0 Å². The first-order valence-corrected chi connectivity index (χ1v) is 28.2. The molecule has 4 aliphatic carbocycles. The fourth-order valence-electron chi connectivity index (χ4n) is 11.2. The molecular formula is C62H82Hf. The predicted molar refractivity (Wildman–Crippen MR) is 272 cm³/mol. The maximum absolute atomic E-state index is 2.76. The van der Waals surface area contributed by atoms with E-state index in [9.17, 15) is 0 Å². The van der Waals surface area contributed by atoms with Crippen molar-refractivity contribution in [1.82, 2.24) is 0 Å². The summed E-state index contributed by atoms with van der Waals surface area (Å²) in [6.07, 6.45) is 7.04. The SMILES string of the molecule is CC(C)(C)c1cc(C2=[C]([Hf][C]3=C(c4cc(C(C)(C)C)cc(C(C)(C)C)c4)Cc4cc5c(cc43)C(C)(C)CCC5(C)C)c3cc4c(cc3C2)C(C)(C)CCC4(C)C)cc(C(C)(C)C)c1. The van der Waals surface area contributed by atoms with Gasteiger partial charge in [-0.25, -0.2) is 0 Å². The molecule has 1 heteroatoms. The molecule has 0 N–H and O–H groups in total. The van der Waals surface area contributed by atoms with Crippen LogP contribution in [0.2, 0.25) is 0 Å². The first kappa shape index (κ1) is 46.7. The summed E-state index contributed by atoms with van der Waals surface area (Å²) in [6.45, 7) is 49.0. The third-order valence-corrected chi connectivity index (χ3v) is 22.2. The van der Waals surface area contributed by atoms with Crippen molar-refractivity contribution in [3.63, 3.8) is 0 Å². The Morgan fingerprint density at radius 3 is 0.857 bits per heavy atom. The molecule has 0 heterocycles. The number of allylic oxidation sites excluding steroid dienone is 2. The molecular weight excluding hydrogens is 923 g/mol. The van der Waals surface area contributed by atoms with Gasteiger partial charge in [-0.3, -0.25) is 0 Å². The first-order chi connectivity index (χ1) is 28.7. The third kappa shape index (κ3) is 8.48. The van der Waals surface area contributed by atoms with Gasteiger partial charge in [0.25, 0.3) is 0 Å². The Labute approximate surface area is 397 Å². The number of benzene rings is 4. The van der Waals surface area contributed by atoms with Gasteiger partial charge in [0.15, 0.2) is 0 Å². The van der Waals surface area contributed by atoms with Gasteiger partial charge >= 0.3 is 400 Å². The monoisotopic (exact) mass is 1010 g/mol. The summed E-state index contributed by atoms with van der Waals surface area (Å²) in [4.78, 5) is 0. The van der Waals surface area contributed by atoms with E-state index in [-0.39, 0.29) is 43.3 Å². The van der Waals surface area contributed by atoms with Crippen LogP contribution < -0.4 is 0 Å². The van der Waals surface area contributed by atoms with Gasteiger partial charge in [-0.1, -0.05) is 0 Å².